The molecule has 0 amide bonds. The Kier molecular flexibility index (Phi) is 7.03. The van der Waals surface area contributed by atoms with Crippen LogP contribution in [0.15, 0.2) is 46.1 Å². The second kappa shape index (κ2) is 9.52. The van der Waals surface area contributed by atoms with Crippen molar-refractivity contribution in [2.45, 2.75) is 24.7 Å². The molecule has 3 rings (SSSR count). The van der Waals surface area contributed by atoms with Crippen LogP contribution in [0.4, 0.5) is 13.2 Å². The zero-order valence-electron chi connectivity index (χ0n) is 15.3. The molecule has 0 saturated carbocycles. The van der Waals surface area contributed by atoms with Crippen LogP contribution in [0.3, 0.4) is 0 Å². The summed E-state index contributed by atoms with van der Waals surface area (Å²) in [6, 6.07) is 8.39. The summed E-state index contributed by atoms with van der Waals surface area (Å²) in [6.45, 7) is -0.760. The highest BCUT2D eigenvalue weighted by Gasteiger charge is 2.51. The number of aromatic amines is 1. The van der Waals surface area contributed by atoms with E-state index in [1.165, 1.54) is 0 Å². The molecule has 3 unspecified atom stereocenters. The van der Waals surface area contributed by atoms with Gasteiger partial charge in [-0.2, -0.15) is 4.39 Å². The van der Waals surface area contributed by atoms with Gasteiger partial charge in [-0.1, -0.05) is 18.2 Å². The van der Waals surface area contributed by atoms with Crippen molar-refractivity contribution in [1.29, 1.82) is 0 Å². The molecule has 9 nitrogen and oxygen atoms in total. The molecule has 1 fully saturated rings. The second-order valence-corrected chi connectivity index (χ2v) is 7.45. The van der Waals surface area contributed by atoms with E-state index in [0.717, 1.165) is 0 Å². The Morgan fingerprint density at radius 2 is 2.07 bits per heavy atom. The van der Waals surface area contributed by atoms with Gasteiger partial charge in [0.25, 0.3) is 11.5 Å². The molecule has 162 valence electrons. The molecule has 1 aliphatic heterocycles. The van der Waals surface area contributed by atoms with E-state index in [4.69, 9.17) is 13.8 Å². The average Bonchev–Trinajstić information content (AvgIpc) is 3.01. The predicted octanol–water partition coefficient (Wildman–Crippen LogP) is 1.71. The van der Waals surface area contributed by atoms with Gasteiger partial charge >= 0.3 is 14.2 Å². The summed E-state index contributed by atoms with van der Waals surface area (Å²) in [5.74, 6) is -4.32. The van der Waals surface area contributed by atoms with Crippen LogP contribution in [0.5, 0.6) is 5.75 Å². The van der Waals surface area contributed by atoms with Gasteiger partial charge in [-0.05, 0) is 12.1 Å². The lowest BCUT2D eigenvalue weighted by molar-refractivity contribution is -0.107. The quantitative estimate of drug-likeness (QED) is 0.445. The van der Waals surface area contributed by atoms with E-state index in [-0.39, 0.29) is 6.54 Å². The number of para-hydroxylation sites is 1. The highest BCUT2D eigenvalue weighted by molar-refractivity contribution is 7.45. The summed E-state index contributed by atoms with van der Waals surface area (Å²) in [7, 11) is -1.96. The normalized spacial score (nSPS) is 21.3. The molecule has 2 aromatic rings. The number of rotatable bonds is 9. The zero-order chi connectivity index (χ0) is 21.7. The minimum atomic E-state index is -3.41. The van der Waals surface area contributed by atoms with Crippen LogP contribution in [-0.2, 0) is 14.1 Å². The number of hydrogen-bond acceptors (Lipinski definition) is 7. The van der Waals surface area contributed by atoms with Crippen LogP contribution in [0.2, 0.25) is 0 Å². The van der Waals surface area contributed by atoms with E-state index in [1.54, 1.807) is 35.3 Å². The molecule has 0 bridgehead atoms. The summed E-state index contributed by atoms with van der Waals surface area (Å²) >= 11 is 0. The predicted molar refractivity (Wildman–Crippen MR) is 98.8 cm³/mol. The lowest BCUT2D eigenvalue weighted by atomic mass is 10.2. The molecule has 0 radical (unpaired) electrons. The topological polar surface area (TPSA) is 112 Å². The Balaban J connectivity index is 1.68. The number of nitrogens with one attached hydrogen (secondary N) is 2. The summed E-state index contributed by atoms with van der Waals surface area (Å²) < 4.78 is 58.9. The average molecular weight is 447 g/mol. The van der Waals surface area contributed by atoms with Crippen LogP contribution in [-0.4, -0.2) is 41.0 Å². The van der Waals surface area contributed by atoms with Gasteiger partial charge in [0, 0.05) is 0 Å². The van der Waals surface area contributed by atoms with Crippen LogP contribution in [0.1, 0.15) is 12.6 Å². The van der Waals surface area contributed by atoms with Crippen LogP contribution in [0, 0.1) is 5.82 Å². The fraction of sp³-hybridized carbons (Fsp3) is 0.353. The van der Waals surface area contributed by atoms with Crippen molar-refractivity contribution in [3.05, 3.63) is 63.2 Å². The van der Waals surface area contributed by atoms with E-state index >= 15 is 0 Å². The van der Waals surface area contributed by atoms with Crippen molar-refractivity contribution in [3.63, 3.8) is 0 Å². The summed E-state index contributed by atoms with van der Waals surface area (Å²) in [4.78, 5) is 35.2. The molecule has 0 aliphatic carbocycles. The minimum Gasteiger partial charge on any atom is -0.436 e. The van der Waals surface area contributed by atoms with Crippen molar-refractivity contribution < 1.29 is 31.8 Å². The minimum absolute atomic E-state index is 0.130. The van der Waals surface area contributed by atoms with Gasteiger partial charge in [-0.3, -0.25) is 14.3 Å². The number of hydrogen-bond donors (Lipinski definition) is 2. The number of ether oxygens (including phenoxy) is 1. The molecule has 0 spiro atoms. The van der Waals surface area contributed by atoms with Gasteiger partial charge in [-0.15, -0.1) is 0 Å². The third-order valence-corrected chi connectivity index (χ3v) is 5.25. The van der Waals surface area contributed by atoms with Crippen LogP contribution in [0.25, 0.3) is 0 Å². The lowest BCUT2D eigenvalue weighted by Gasteiger charge is -2.22. The zero-order valence-corrected chi connectivity index (χ0v) is 16.2. The SMILES string of the molecule is O=CCNP(OCC1OC(n2cc(F)c(=O)[nH]c2=O)CC1(F)F)Oc1ccccc1. The molecule has 13 heteroatoms. The van der Waals surface area contributed by atoms with Crippen LogP contribution >= 0.6 is 8.53 Å². The Hall–Kier alpha value is -2.53. The van der Waals surface area contributed by atoms with Crippen molar-refractivity contribution in [1.82, 2.24) is 14.6 Å². The number of alkyl halides is 2. The second-order valence-electron chi connectivity index (χ2n) is 6.17. The maximum atomic E-state index is 14.4. The molecular formula is C17H17F3N3O6P. The molecule has 2 heterocycles. The number of halogens is 3. The fourth-order valence-electron chi connectivity index (χ4n) is 2.63. The van der Waals surface area contributed by atoms with E-state index in [1.807, 2.05) is 0 Å². The van der Waals surface area contributed by atoms with Crippen molar-refractivity contribution in [2.24, 2.45) is 0 Å². The third-order valence-electron chi connectivity index (χ3n) is 4.05. The van der Waals surface area contributed by atoms with Gasteiger partial charge in [0.05, 0.1) is 25.8 Å². The Morgan fingerprint density at radius 1 is 1.33 bits per heavy atom. The van der Waals surface area contributed by atoms with E-state index in [2.05, 4.69) is 5.09 Å². The number of aldehydes is 1. The summed E-state index contributed by atoms with van der Waals surface area (Å²) in [5.41, 5.74) is -2.34. The largest absolute Gasteiger partial charge is 0.436 e. The van der Waals surface area contributed by atoms with Crippen molar-refractivity contribution in [3.8, 4) is 5.75 Å². The van der Waals surface area contributed by atoms with E-state index in [9.17, 15) is 27.6 Å². The maximum Gasteiger partial charge on any atom is 0.330 e. The van der Waals surface area contributed by atoms with Gasteiger partial charge < -0.3 is 18.6 Å². The van der Waals surface area contributed by atoms with E-state index < -0.39 is 56.9 Å². The number of H-pyrrole nitrogens is 1. The molecular weight excluding hydrogens is 430 g/mol. The summed E-state index contributed by atoms with van der Waals surface area (Å²) in [6.07, 6.45) is -3.13. The number of aromatic nitrogens is 2. The standard InChI is InChI=1S/C17H17F3N3O6P/c18-12-9-23(16(26)22-15(12)25)14-8-17(19,20)13(28-14)10-27-30(21-6-7-24)29-11-4-2-1-3-5-11/h1-5,7,9,13-14,21H,6,8,10H2,(H,22,25,26). The van der Waals surface area contributed by atoms with E-state index in [0.29, 0.717) is 22.8 Å². The molecule has 1 aliphatic rings. The first-order valence-corrected chi connectivity index (χ1v) is 9.85. The first-order valence-electron chi connectivity index (χ1n) is 8.67. The van der Waals surface area contributed by atoms with Gasteiger partial charge in [0.15, 0.2) is 0 Å². The third kappa shape index (κ3) is 5.33. The van der Waals surface area contributed by atoms with Gasteiger partial charge in [-0.25, -0.2) is 18.7 Å². The highest BCUT2D eigenvalue weighted by atomic mass is 31.2. The van der Waals surface area contributed by atoms with Gasteiger partial charge in [0.2, 0.25) is 5.82 Å². The lowest BCUT2D eigenvalue weighted by Crippen LogP contribution is -2.34. The smallest absolute Gasteiger partial charge is 0.330 e. The number of carbonyl (C=O) groups excluding carboxylic acids is 1. The first-order chi connectivity index (χ1) is 14.3. The molecule has 1 saturated heterocycles. The molecule has 2 N–H and O–H groups in total. The monoisotopic (exact) mass is 447 g/mol. The van der Waals surface area contributed by atoms with Crippen molar-refractivity contribution >= 4 is 14.8 Å². The molecule has 3 atom stereocenters. The summed E-state index contributed by atoms with van der Waals surface area (Å²) in [5, 5.41) is 2.64. The Labute approximate surface area is 168 Å². The molecule has 1 aromatic carbocycles. The van der Waals surface area contributed by atoms with Crippen molar-refractivity contribution in [2.75, 3.05) is 13.2 Å². The fourth-order valence-corrected chi connectivity index (χ4v) is 3.65. The highest BCUT2D eigenvalue weighted by Crippen LogP contribution is 2.43. The number of carbonyl (C=O) groups is 1. The first kappa shape index (κ1) is 22.2. The Bertz CT molecular complexity index is 987. The molecule has 1 aromatic heterocycles. The van der Waals surface area contributed by atoms with Gasteiger partial charge in [0.1, 0.15) is 24.4 Å². The maximum absolute atomic E-state index is 14.4. The molecule has 30 heavy (non-hydrogen) atoms. The number of nitrogens with zero attached hydrogens (tertiary/aromatic N) is 1. The number of benzene rings is 1. The van der Waals surface area contributed by atoms with Crippen LogP contribution < -0.4 is 20.9 Å². The Morgan fingerprint density at radius 3 is 2.77 bits per heavy atom.